The van der Waals surface area contributed by atoms with Crippen molar-refractivity contribution in [3.05, 3.63) is 29.3 Å². The predicted octanol–water partition coefficient (Wildman–Crippen LogP) is 4.28. The summed E-state index contributed by atoms with van der Waals surface area (Å²) in [4.78, 5) is 0. The van der Waals surface area contributed by atoms with Gasteiger partial charge >= 0.3 is 0 Å². The van der Waals surface area contributed by atoms with Crippen molar-refractivity contribution >= 4 is 0 Å². The maximum atomic E-state index is 5.96. The first-order valence-electron chi connectivity index (χ1n) is 7.34. The molecule has 1 aromatic carbocycles. The first kappa shape index (κ1) is 16.0. The highest BCUT2D eigenvalue weighted by molar-refractivity contribution is 5.39. The molecule has 0 aliphatic heterocycles. The topological polar surface area (TPSA) is 21.3 Å². The van der Waals surface area contributed by atoms with Gasteiger partial charge in [-0.15, -0.1) is 0 Å². The molecule has 19 heavy (non-hydrogen) atoms. The quantitative estimate of drug-likeness (QED) is 0.742. The van der Waals surface area contributed by atoms with E-state index in [-0.39, 0.29) is 5.54 Å². The highest BCUT2D eigenvalue weighted by Gasteiger charge is 2.13. The summed E-state index contributed by atoms with van der Waals surface area (Å²) in [6.45, 7) is 14.8. The smallest absolute Gasteiger partial charge is 0.123 e. The van der Waals surface area contributed by atoms with Crippen molar-refractivity contribution in [3.63, 3.8) is 0 Å². The Morgan fingerprint density at radius 2 is 1.95 bits per heavy atom. The van der Waals surface area contributed by atoms with Gasteiger partial charge in [0.1, 0.15) is 12.4 Å². The molecule has 0 saturated carbocycles. The third-order valence-corrected chi connectivity index (χ3v) is 3.64. The van der Waals surface area contributed by atoms with Gasteiger partial charge < -0.3 is 10.1 Å². The van der Waals surface area contributed by atoms with E-state index in [1.54, 1.807) is 0 Å². The first-order chi connectivity index (χ1) is 8.85. The number of hydrogen-bond acceptors (Lipinski definition) is 2. The second-order valence-electron chi connectivity index (χ2n) is 6.21. The minimum atomic E-state index is 0.191. The zero-order valence-corrected chi connectivity index (χ0v) is 13.3. The van der Waals surface area contributed by atoms with Crippen LogP contribution in [0.2, 0.25) is 0 Å². The maximum absolute atomic E-state index is 5.96. The molecule has 0 bridgehead atoms. The summed E-state index contributed by atoms with van der Waals surface area (Å²) in [6, 6.07) is 6.47. The number of nitrogens with one attached hydrogen (secondary N) is 1. The Hall–Kier alpha value is -1.02. The lowest BCUT2D eigenvalue weighted by atomic mass is 10.0. The van der Waals surface area contributed by atoms with E-state index in [2.05, 4.69) is 65.1 Å². The van der Waals surface area contributed by atoms with Crippen molar-refractivity contribution in [1.29, 1.82) is 0 Å². The Balaban J connectivity index is 2.55. The van der Waals surface area contributed by atoms with Crippen LogP contribution in [-0.4, -0.2) is 18.7 Å². The van der Waals surface area contributed by atoms with Crippen LogP contribution >= 0.6 is 0 Å². The summed E-state index contributed by atoms with van der Waals surface area (Å²) >= 11 is 0. The molecule has 1 aromatic rings. The predicted molar refractivity (Wildman–Crippen MR) is 83.1 cm³/mol. The van der Waals surface area contributed by atoms with Gasteiger partial charge in [0.05, 0.1) is 0 Å². The lowest BCUT2D eigenvalue weighted by molar-refractivity contribution is 0.278. The van der Waals surface area contributed by atoms with Crippen LogP contribution in [-0.2, 0) is 0 Å². The van der Waals surface area contributed by atoms with E-state index in [1.165, 1.54) is 11.1 Å². The fourth-order valence-electron chi connectivity index (χ4n) is 1.92. The lowest BCUT2D eigenvalue weighted by Crippen LogP contribution is -2.40. The summed E-state index contributed by atoms with van der Waals surface area (Å²) in [5.41, 5.74) is 2.73. The molecule has 2 heteroatoms. The van der Waals surface area contributed by atoms with Crippen LogP contribution in [0.25, 0.3) is 0 Å². The van der Waals surface area contributed by atoms with E-state index in [0.717, 1.165) is 18.7 Å². The van der Waals surface area contributed by atoms with E-state index in [4.69, 9.17) is 4.74 Å². The molecule has 0 aromatic heterocycles. The molecule has 0 fully saturated rings. The molecule has 0 atom stereocenters. The largest absolute Gasteiger partial charge is 0.492 e. The summed E-state index contributed by atoms with van der Waals surface area (Å²) in [6.07, 6.45) is 1.12. The standard InChI is InChI=1S/C17H29NO/c1-7-17(5,6)18-10-11-19-16-12-14(4)8-9-15(16)13(2)3/h8-9,12-13,18H,7,10-11H2,1-6H3. The highest BCUT2D eigenvalue weighted by Crippen LogP contribution is 2.27. The molecule has 0 heterocycles. The molecular weight excluding hydrogens is 234 g/mol. The van der Waals surface area contributed by atoms with E-state index >= 15 is 0 Å². The molecule has 108 valence electrons. The summed E-state index contributed by atoms with van der Waals surface area (Å²) in [7, 11) is 0. The van der Waals surface area contributed by atoms with Crippen LogP contribution < -0.4 is 10.1 Å². The fourth-order valence-corrected chi connectivity index (χ4v) is 1.92. The van der Waals surface area contributed by atoms with Crippen LogP contribution in [0.4, 0.5) is 0 Å². The highest BCUT2D eigenvalue weighted by atomic mass is 16.5. The van der Waals surface area contributed by atoms with Gasteiger partial charge in [0.15, 0.2) is 0 Å². The van der Waals surface area contributed by atoms with E-state index in [1.807, 2.05) is 0 Å². The molecule has 1 rings (SSSR count). The van der Waals surface area contributed by atoms with E-state index < -0.39 is 0 Å². The molecule has 0 unspecified atom stereocenters. The van der Waals surface area contributed by atoms with Crippen molar-refractivity contribution in [3.8, 4) is 5.75 Å². The summed E-state index contributed by atoms with van der Waals surface area (Å²) in [5.74, 6) is 1.53. The van der Waals surface area contributed by atoms with E-state index in [0.29, 0.717) is 12.5 Å². The van der Waals surface area contributed by atoms with Crippen molar-refractivity contribution in [2.75, 3.05) is 13.2 Å². The van der Waals surface area contributed by atoms with Gasteiger partial charge in [-0.1, -0.05) is 32.9 Å². The molecular formula is C17H29NO. The molecule has 0 aliphatic rings. The summed E-state index contributed by atoms with van der Waals surface area (Å²) in [5, 5.41) is 3.52. The lowest BCUT2D eigenvalue weighted by Gasteiger charge is -2.24. The number of hydrogen-bond donors (Lipinski definition) is 1. The van der Waals surface area contributed by atoms with Gasteiger partial charge in [-0.2, -0.15) is 0 Å². The second-order valence-corrected chi connectivity index (χ2v) is 6.21. The Bertz CT molecular complexity index is 396. The van der Waals surface area contributed by atoms with Gasteiger partial charge in [-0.05, 0) is 50.3 Å². The monoisotopic (exact) mass is 263 g/mol. The molecule has 0 spiro atoms. The Kier molecular flexibility index (Phi) is 5.86. The van der Waals surface area contributed by atoms with Gasteiger partial charge in [0.25, 0.3) is 0 Å². The van der Waals surface area contributed by atoms with Crippen molar-refractivity contribution in [2.45, 2.75) is 59.4 Å². The molecule has 0 amide bonds. The van der Waals surface area contributed by atoms with Crippen LogP contribution in [0.5, 0.6) is 5.75 Å². The SMILES string of the molecule is CCC(C)(C)NCCOc1cc(C)ccc1C(C)C. The van der Waals surface area contributed by atoms with Crippen LogP contribution in [0.3, 0.4) is 0 Å². The van der Waals surface area contributed by atoms with Gasteiger partial charge in [0, 0.05) is 12.1 Å². The van der Waals surface area contributed by atoms with Gasteiger partial charge in [-0.3, -0.25) is 0 Å². The van der Waals surface area contributed by atoms with Crippen molar-refractivity contribution in [1.82, 2.24) is 5.32 Å². The molecule has 0 aliphatic carbocycles. The van der Waals surface area contributed by atoms with Crippen LogP contribution in [0.15, 0.2) is 18.2 Å². The minimum absolute atomic E-state index is 0.191. The summed E-state index contributed by atoms with van der Waals surface area (Å²) < 4.78 is 5.96. The Morgan fingerprint density at radius 3 is 2.53 bits per heavy atom. The third kappa shape index (κ3) is 5.23. The maximum Gasteiger partial charge on any atom is 0.123 e. The molecule has 0 radical (unpaired) electrons. The Morgan fingerprint density at radius 1 is 1.26 bits per heavy atom. The van der Waals surface area contributed by atoms with Gasteiger partial charge in [-0.25, -0.2) is 0 Å². The van der Waals surface area contributed by atoms with Gasteiger partial charge in [0.2, 0.25) is 0 Å². The third-order valence-electron chi connectivity index (χ3n) is 3.64. The Labute approximate surface area is 118 Å². The average Bonchev–Trinajstić information content (AvgIpc) is 2.34. The zero-order valence-electron chi connectivity index (χ0n) is 13.3. The van der Waals surface area contributed by atoms with E-state index in [9.17, 15) is 0 Å². The molecule has 2 nitrogen and oxygen atoms in total. The van der Waals surface area contributed by atoms with Crippen LogP contribution in [0.1, 0.15) is 58.1 Å². The number of ether oxygens (including phenoxy) is 1. The average molecular weight is 263 g/mol. The fraction of sp³-hybridized carbons (Fsp3) is 0.647. The normalized spacial score (nSPS) is 11.9. The molecule has 1 N–H and O–H groups in total. The number of rotatable bonds is 7. The first-order valence-corrected chi connectivity index (χ1v) is 7.34. The van der Waals surface area contributed by atoms with Crippen molar-refractivity contribution in [2.24, 2.45) is 0 Å². The van der Waals surface area contributed by atoms with Crippen molar-refractivity contribution < 1.29 is 4.74 Å². The second kappa shape index (κ2) is 6.95. The molecule has 0 saturated heterocycles. The zero-order chi connectivity index (χ0) is 14.5. The van der Waals surface area contributed by atoms with Crippen LogP contribution in [0, 0.1) is 6.92 Å². The number of benzene rings is 1. The number of aryl methyl sites for hydroxylation is 1. The minimum Gasteiger partial charge on any atom is -0.492 e.